The average Bonchev–Trinajstić information content (AvgIpc) is 3.03. The summed E-state index contributed by atoms with van der Waals surface area (Å²) in [5.41, 5.74) is 0. The Kier molecular flexibility index (Phi) is 38.6. The molecule has 0 bridgehead atoms. The van der Waals surface area contributed by atoms with Crippen molar-refractivity contribution in [2.45, 2.75) is 238 Å². The Morgan fingerprint density at radius 3 is 0.674 bits per heavy atom. The topological polar surface area (TPSA) is 87.0 Å². The molecule has 0 atom stereocenters. The Hall–Kier alpha value is -0.470. The average molecular weight is 670 g/mol. The predicted molar refractivity (Wildman–Crippen MR) is 201 cm³/mol. The minimum atomic E-state index is -3.78. The van der Waals surface area contributed by atoms with E-state index in [4.69, 9.17) is 9.79 Å². The van der Waals surface area contributed by atoms with Crippen LogP contribution in [0.15, 0.2) is 4.99 Å². The third-order valence-electron chi connectivity index (χ3n) is 9.78. The van der Waals surface area contributed by atoms with Crippen molar-refractivity contribution >= 4 is 13.7 Å². The molecule has 0 aromatic carbocycles. The highest BCUT2D eigenvalue weighted by atomic mass is 31.2. The molecule has 2 N–H and O–H groups in total. The van der Waals surface area contributed by atoms with E-state index in [1.54, 1.807) is 6.08 Å². The smallest absolute Gasteiger partial charge is 0.324 e. The second-order valence-corrected chi connectivity index (χ2v) is 16.2. The fourth-order valence-electron chi connectivity index (χ4n) is 6.74. The van der Waals surface area contributed by atoms with Crippen LogP contribution in [-0.4, -0.2) is 28.6 Å². The standard InChI is InChI=1S/C40H80NO4P/c42-40-41-38-36-34-32-30-28-26-24-22-20-18-16-14-12-10-8-6-4-2-1-3-5-7-9-11-13-15-17-19-21-23-25-27-29-31-33-35-37-39-46(43,44)45/h1-39H2,(H2,43,44,45). The van der Waals surface area contributed by atoms with Crippen LogP contribution in [0.1, 0.15) is 238 Å². The summed E-state index contributed by atoms with van der Waals surface area (Å²) >= 11 is 0. The van der Waals surface area contributed by atoms with Crippen molar-refractivity contribution in [1.29, 1.82) is 0 Å². The summed E-state index contributed by atoms with van der Waals surface area (Å²) in [7, 11) is -3.78. The number of unbranched alkanes of at least 4 members (excludes halogenated alkanes) is 36. The Bertz CT molecular complexity index is 676. The first-order valence-electron chi connectivity index (χ1n) is 20.6. The van der Waals surface area contributed by atoms with Gasteiger partial charge in [-0.2, -0.15) is 0 Å². The van der Waals surface area contributed by atoms with Gasteiger partial charge in [0.1, 0.15) is 0 Å². The maximum atomic E-state index is 10.8. The van der Waals surface area contributed by atoms with Gasteiger partial charge in [-0.1, -0.05) is 225 Å². The lowest BCUT2D eigenvalue weighted by molar-refractivity contribution is 0.370. The van der Waals surface area contributed by atoms with Crippen LogP contribution < -0.4 is 0 Å². The summed E-state index contributed by atoms with van der Waals surface area (Å²) in [6.45, 7) is 0.662. The van der Waals surface area contributed by atoms with Gasteiger partial charge in [0.05, 0.1) is 6.54 Å². The van der Waals surface area contributed by atoms with Crippen molar-refractivity contribution in [1.82, 2.24) is 0 Å². The minimum Gasteiger partial charge on any atom is -0.324 e. The van der Waals surface area contributed by atoms with Gasteiger partial charge in [0.25, 0.3) is 0 Å². The summed E-state index contributed by atoms with van der Waals surface area (Å²) in [6.07, 6.45) is 51.8. The lowest BCUT2D eigenvalue weighted by Crippen LogP contribution is -1.88. The van der Waals surface area contributed by atoms with Crippen LogP contribution in [-0.2, 0) is 9.36 Å². The maximum Gasteiger partial charge on any atom is 0.325 e. The van der Waals surface area contributed by atoms with Gasteiger partial charge in [0.2, 0.25) is 6.08 Å². The Balaban J connectivity index is 3.06. The normalized spacial score (nSPS) is 11.7. The Labute approximate surface area is 287 Å². The van der Waals surface area contributed by atoms with Gasteiger partial charge in [-0.15, -0.1) is 0 Å². The van der Waals surface area contributed by atoms with E-state index in [-0.39, 0.29) is 6.16 Å². The van der Waals surface area contributed by atoms with Crippen molar-refractivity contribution in [3.8, 4) is 0 Å². The molecule has 0 fully saturated rings. The van der Waals surface area contributed by atoms with Crippen molar-refractivity contribution < 1.29 is 19.1 Å². The van der Waals surface area contributed by atoms with Crippen LogP contribution in [0.25, 0.3) is 0 Å². The molecule has 0 amide bonds. The van der Waals surface area contributed by atoms with Crippen molar-refractivity contribution in [3.05, 3.63) is 0 Å². The number of isocyanates is 1. The highest BCUT2D eigenvalue weighted by Crippen LogP contribution is 2.35. The second kappa shape index (κ2) is 39.0. The molecule has 0 aliphatic heterocycles. The highest BCUT2D eigenvalue weighted by molar-refractivity contribution is 7.51. The molecule has 0 unspecified atom stereocenters. The fraction of sp³-hybridized carbons (Fsp3) is 0.975. The summed E-state index contributed by atoms with van der Waals surface area (Å²) < 4.78 is 10.8. The van der Waals surface area contributed by atoms with Gasteiger partial charge in [-0.3, -0.25) is 4.57 Å². The SMILES string of the molecule is O=C=NCCCCCCCCCCCCCCCCCCCCCCCCCCCCCCCCCCCCCCCP(=O)(O)O. The number of carbonyl (C=O) groups excluding carboxylic acids is 1. The van der Waals surface area contributed by atoms with E-state index in [0.29, 0.717) is 13.0 Å². The van der Waals surface area contributed by atoms with Crippen LogP contribution >= 0.6 is 7.60 Å². The molecular weight excluding hydrogens is 589 g/mol. The van der Waals surface area contributed by atoms with Crippen molar-refractivity contribution in [3.63, 3.8) is 0 Å². The van der Waals surface area contributed by atoms with Gasteiger partial charge in [-0.25, -0.2) is 9.79 Å². The third kappa shape index (κ3) is 43.5. The van der Waals surface area contributed by atoms with Gasteiger partial charge in [0.15, 0.2) is 0 Å². The fourth-order valence-corrected chi connectivity index (χ4v) is 7.38. The Morgan fingerprint density at radius 1 is 0.326 bits per heavy atom. The van der Waals surface area contributed by atoms with E-state index in [0.717, 1.165) is 19.3 Å². The summed E-state index contributed by atoms with van der Waals surface area (Å²) in [5, 5.41) is 0. The molecule has 5 nitrogen and oxygen atoms in total. The van der Waals surface area contributed by atoms with Crippen LogP contribution in [0.4, 0.5) is 0 Å². The van der Waals surface area contributed by atoms with Gasteiger partial charge in [0, 0.05) is 6.16 Å². The molecule has 0 heterocycles. The molecule has 0 radical (unpaired) electrons. The number of hydrogen-bond acceptors (Lipinski definition) is 3. The van der Waals surface area contributed by atoms with E-state index in [1.165, 1.54) is 212 Å². The molecule has 0 spiro atoms. The molecule has 0 aromatic rings. The first-order valence-corrected chi connectivity index (χ1v) is 22.4. The molecule has 0 aliphatic carbocycles. The molecule has 46 heavy (non-hydrogen) atoms. The maximum absolute atomic E-state index is 10.8. The zero-order chi connectivity index (χ0) is 33.5. The molecule has 0 saturated heterocycles. The lowest BCUT2D eigenvalue weighted by Gasteiger charge is -2.05. The van der Waals surface area contributed by atoms with E-state index in [9.17, 15) is 9.36 Å². The van der Waals surface area contributed by atoms with Gasteiger partial charge >= 0.3 is 7.60 Å². The van der Waals surface area contributed by atoms with Crippen LogP contribution in [0.2, 0.25) is 0 Å². The second-order valence-electron chi connectivity index (χ2n) is 14.4. The summed E-state index contributed by atoms with van der Waals surface area (Å²) in [6, 6.07) is 0. The first kappa shape index (κ1) is 45.5. The molecule has 274 valence electrons. The zero-order valence-corrected chi connectivity index (χ0v) is 31.6. The van der Waals surface area contributed by atoms with E-state index in [1.807, 2.05) is 0 Å². The van der Waals surface area contributed by atoms with Crippen LogP contribution in [0.5, 0.6) is 0 Å². The number of hydrogen-bond donors (Lipinski definition) is 2. The van der Waals surface area contributed by atoms with Crippen LogP contribution in [0, 0.1) is 0 Å². The highest BCUT2D eigenvalue weighted by Gasteiger charge is 2.10. The monoisotopic (exact) mass is 670 g/mol. The molecule has 0 aromatic heterocycles. The van der Waals surface area contributed by atoms with Gasteiger partial charge < -0.3 is 9.79 Å². The number of nitrogens with zero attached hydrogens (tertiary/aromatic N) is 1. The van der Waals surface area contributed by atoms with E-state index >= 15 is 0 Å². The Morgan fingerprint density at radius 2 is 0.500 bits per heavy atom. The van der Waals surface area contributed by atoms with Crippen molar-refractivity contribution in [2.24, 2.45) is 4.99 Å². The van der Waals surface area contributed by atoms with Gasteiger partial charge in [-0.05, 0) is 12.8 Å². The van der Waals surface area contributed by atoms with E-state index in [2.05, 4.69) is 4.99 Å². The number of aliphatic imine (C=N–C) groups is 1. The van der Waals surface area contributed by atoms with Crippen molar-refractivity contribution in [2.75, 3.05) is 12.7 Å². The van der Waals surface area contributed by atoms with E-state index < -0.39 is 7.60 Å². The summed E-state index contributed by atoms with van der Waals surface area (Å²) in [5.74, 6) is 0. The first-order chi connectivity index (χ1) is 22.6. The minimum absolute atomic E-state index is 0.0578. The number of rotatable bonds is 40. The van der Waals surface area contributed by atoms with Crippen LogP contribution in [0.3, 0.4) is 0 Å². The zero-order valence-electron chi connectivity index (χ0n) is 30.7. The predicted octanol–water partition coefficient (Wildman–Crippen LogP) is 13.9. The molecule has 0 rings (SSSR count). The quantitative estimate of drug-likeness (QED) is 0.0294. The summed E-state index contributed by atoms with van der Waals surface area (Å²) in [4.78, 5) is 31.3. The lowest BCUT2D eigenvalue weighted by atomic mass is 10.0. The molecular formula is C40H80NO4P. The largest absolute Gasteiger partial charge is 0.325 e. The molecule has 0 aliphatic rings. The molecule has 6 heteroatoms. The molecule has 0 saturated carbocycles. The third-order valence-corrected chi connectivity index (χ3v) is 10.7.